The van der Waals surface area contributed by atoms with Crippen LogP contribution in [0.25, 0.3) is 0 Å². The van der Waals surface area contributed by atoms with Crippen LogP contribution in [0.4, 0.5) is 5.69 Å². The van der Waals surface area contributed by atoms with Crippen LogP contribution in [0, 0.1) is 6.92 Å². The second-order valence-electron chi connectivity index (χ2n) is 5.75. The van der Waals surface area contributed by atoms with Gasteiger partial charge in [0.15, 0.2) is 12.0 Å². The lowest BCUT2D eigenvalue weighted by Gasteiger charge is -2.13. The Hall–Kier alpha value is -3.19. The second kappa shape index (κ2) is 8.46. The Morgan fingerprint density at radius 2 is 2.04 bits per heavy atom. The Balaban J connectivity index is 1.75. The fourth-order valence-corrected chi connectivity index (χ4v) is 3.24. The van der Waals surface area contributed by atoms with Crippen molar-refractivity contribution >= 4 is 29.2 Å². The molecule has 2 N–H and O–H groups in total. The highest BCUT2D eigenvalue weighted by Crippen LogP contribution is 2.31. The van der Waals surface area contributed by atoms with Gasteiger partial charge in [-0.25, -0.2) is 4.98 Å². The molecule has 0 unspecified atom stereocenters. The molecule has 6 nitrogen and oxygen atoms in total. The second-order valence-corrected chi connectivity index (χ2v) is 7.07. The van der Waals surface area contributed by atoms with Crippen LogP contribution in [0.2, 0.25) is 0 Å². The Labute approximate surface area is 161 Å². The van der Waals surface area contributed by atoms with E-state index < -0.39 is 0 Å². The number of aldehydes is 1. The SMILES string of the molecule is CNc1cc(C(=O)NCc2cnc(C)s2)ccc1Oc1ccccc1C=O. The Bertz CT molecular complexity index is 969. The third kappa shape index (κ3) is 4.51. The number of anilines is 1. The maximum atomic E-state index is 12.4. The number of ether oxygens (including phenoxy) is 1. The summed E-state index contributed by atoms with van der Waals surface area (Å²) in [6.07, 6.45) is 2.51. The van der Waals surface area contributed by atoms with Crippen LogP contribution >= 0.6 is 11.3 Å². The number of amides is 1. The van der Waals surface area contributed by atoms with Crippen LogP contribution in [0.1, 0.15) is 30.6 Å². The first-order valence-corrected chi connectivity index (χ1v) is 9.15. The highest BCUT2D eigenvalue weighted by molar-refractivity contribution is 7.11. The van der Waals surface area contributed by atoms with Gasteiger partial charge in [-0.2, -0.15) is 0 Å². The minimum Gasteiger partial charge on any atom is -0.454 e. The van der Waals surface area contributed by atoms with E-state index >= 15 is 0 Å². The average Bonchev–Trinajstić information content (AvgIpc) is 3.12. The molecule has 1 aromatic heterocycles. The van der Waals surface area contributed by atoms with Crippen molar-refractivity contribution < 1.29 is 14.3 Å². The molecule has 1 amide bonds. The van der Waals surface area contributed by atoms with E-state index in [-0.39, 0.29) is 5.91 Å². The molecule has 1 heterocycles. The molecule has 0 bridgehead atoms. The molecular formula is C20H19N3O3S. The van der Waals surface area contributed by atoms with E-state index in [4.69, 9.17) is 4.74 Å². The third-order valence-electron chi connectivity index (χ3n) is 3.87. The number of thiazole rings is 1. The molecule has 0 aliphatic carbocycles. The number of nitrogens with one attached hydrogen (secondary N) is 2. The number of carbonyl (C=O) groups is 2. The molecule has 7 heteroatoms. The summed E-state index contributed by atoms with van der Waals surface area (Å²) in [4.78, 5) is 28.8. The monoisotopic (exact) mass is 381 g/mol. The molecular weight excluding hydrogens is 362 g/mol. The van der Waals surface area contributed by atoms with Gasteiger partial charge in [-0.15, -0.1) is 11.3 Å². The summed E-state index contributed by atoms with van der Waals surface area (Å²) in [6, 6.07) is 12.1. The predicted octanol–water partition coefficient (Wildman–Crippen LogP) is 4.03. The number of benzene rings is 2. The molecule has 0 aliphatic rings. The molecule has 0 saturated carbocycles. The summed E-state index contributed by atoms with van der Waals surface area (Å²) in [6.45, 7) is 2.36. The predicted molar refractivity (Wildman–Crippen MR) is 106 cm³/mol. The first kappa shape index (κ1) is 18.6. The number of hydrogen-bond acceptors (Lipinski definition) is 6. The summed E-state index contributed by atoms with van der Waals surface area (Å²) in [5, 5.41) is 6.87. The van der Waals surface area contributed by atoms with E-state index in [0.717, 1.165) is 16.2 Å². The van der Waals surface area contributed by atoms with E-state index in [1.807, 2.05) is 6.92 Å². The van der Waals surface area contributed by atoms with Crippen molar-refractivity contribution in [3.05, 3.63) is 69.7 Å². The van der Waals surface area contributed by atoms with Crippen molar-refractivity contribution in [1.82, 2.24) is 10.3 Å². The smallest absolute Gasteiger partial charge is 0.251 e. The fourth-order valence-electron chi connectivity index (χ4n) is 2.50. The van der Waals surface area contributed by atoms with Crippen molar-refractivity contribution in [2.75, 3.05) is 12.4 Å². The number of nitrogens with zero attached hydrogens (tertiary/aromatic N) is 1. The Morgan fingerprint density at radius 1 is 1.22 bits per heavy atom. The number of aromatic nitrogens is 1. The van der Waals surface area contributed by atoms with Gasteiger partial charge in [-0.05, 0) is 37.3 Å². The van der Waals surface area contributed by atoms with Gasteiger partial charge in [0.2, 0.25) is 0 Å². The highest BCUT2D eigenvalue weighted by atomic mass is 32.1. The largest absolute Gasteiger partial charge is 0.454 e. The van der Waals surface area contributed by atoms with Crippen LogP contribution in [-0.4, -0.2) is 24.2 Å². The van der Waals surface area contributed by atoms with Gasteiger partial charge in [0.1, 0.15) is 5.75 Å². The van der Waals surface area contributed by atoms with Gasteiger partial charge in [0.25, 0.3) is 5.91 Å². The molecule has 0 radical (unpaired) electrons. The summed E-state index contributed by atoms with van der Waals surface area (Å²) in [5.41, 5.74) is 1.62. The third-order valence-corrected chi connectivity index (χ3v) is 4.78. The molecule has 3 rings (SSSR count). The van der Waals surface area contributed by atoms with Crippen LogP contribution in [-0.2, 0) is 6.54 Å². The Kier molecular flexibility index (Phi) is 5.83. The standard InChI is InChI=1S/C20H19N3O3S/c1-13-22-10-16(27-13)11-23-20(25)14-7-8-19(17(9-14)21-2)26-18-6-4-3-5-15(18)12-24/h3-10,12,21H,11H2,1-2H3,(H,23,25). The van der Waals surface area contributed by atoms with Gasteiger partial charge in [-0.3, -0.25) is 9.59 Å². The number of rotatable bonds is 7. The van der Waals surface area contributed by atoms with E-state index in [1.54, 1.807) is 67.0 Å². The molecule has 2 aromatic carbocycles. The molecule has 0 aliphatic heterocycles. The molecule has 138 valence electrons. The number of aryl methyl sites for hydroxylation is 1. The quantitative estimate of drug-likeness (QED) is 0.604. The van der Waals surface area contributed by atoms with E-state index in [1.165, 1.54) is 0 Å². The van der Waals surface area contributed by atoms with E-state index in [2.05, 4.69) is 15.6 Å². The minimum atomic E-state index is -0.183. The molecule has 0 fully saturated rings. The van der Waals surface area contributed by atoms with Crippen LogP contribution in [0.3, 0.4) is 0 Å². The summed E-state index contributed by atoms with van der Waals surface area (Å²) in [5.74, 6) is 0.806. The summed E-state index contributed by atoms with van der Waals surface area (Å²) >= 11 is 1.55. The number of hydrogen-bond donors (Lipinski definition) is 2. The summed E-state index contributed by atoms with van der Waals surface area (Å²) in [7, 11) is 1.75. The van der Waals surface area contributed by atoms with Crippen molar-refractivity contribution in [2.45, 2.75) is 13.5 Å². The van der Waals surface area contributed by atoms with E-state index in [0.29, 0.717) is 34.9 Å². The zero-order valence-corrected chi connectivity index (χ0v) is 15.8. The van der Waals surface area contributed by atoms with Crippen LogP contribution < -0.4 is 15.4 Å². The minimum absolute atomic E-state index is 0.183. The van der Waals surface area contributed by atoms with Gasteiger partial charge >= 0.3 is 0 Å². The molecule has 0 saturated heterocycles. The van der Waals surface area contributed by atoms with E-state index in [9.17, 15) is 9.59 Å². The number of carbonyl (C=O) groups excluding carboxylic acids is 2. The van der Waals surface area contributed by atoms with Crippen molar-refractivity contribution in [1.29, 1.82) is 0 Å². The van der Waals surface area contributed by atoms with Crippen molar-refractivity contribution in [3.8, 4) is 11.5 Å². The van der Waals surface area contributed by atoms with Gasteiger partial charge in [-0.1, -0.05) is 12.1 Å². The first-order valence-electron chi connectivity index (χ1n) is 8.34. The normalized spacial score (nSPS) is 10.3. The molecule has 0 atom stereocenters. The lowest BCUT2D eigenvalue weighted by Crippen LogP contribution is -2.22. The van der Waals surface area contributed by atoms with Crippen molar-refractivity contribution in [2.24, 2.45) is 0 Å². The van der Waals surface area contributed by atoms with Crippen LogP contribution in [0.15, 0.2) is 48.7 Å². The topological polar surface area (TPSA) is 80.3 Å². The zero-order chi connectivity index (χ0) is 19.2. The zero-order valence-electron chi connectivity index (χ0n) is 15.0. The number of para-hydroxylation sites is 1. The molecule has 0 spiro atoms. The highest BCUT2D eigenvalue weighted by Gasteiger charge is 2.12. The van der Waals surface area contributed by atoms with Crippen molar-refractivity contribution in [3.63, 3.8) is 0 Å². The molecule has 3 aromatic rings. The average molecular weight is 381 g/mol. The first-order chi connectivity index (χ1) is 13.1. The van der Waals surface area contributed by atoms with Crippen LogP contribution in [0.5, 0.6) is 11.5 Å². The summed E-state index contributed by atoms with van der Waals surface area (Å²) < 4.78 is 5.86. The van der Waals surface area contributed by atoms with Gasteiger partial charge in [0, 0.05) is 23.7 Å². The molecule has 27 heavy (non-hydrogen) atoms. The fraction of sp³-hybridized carbons (Fsp3) is 0.150. The Morgan fingerprint density at radius 3 is 2.74 bits per heavy atom. The van der Waals surface area contributed by atoms with Gasteiger partial charge < -0.3 is 15.4 Å². The maximum absolute atomic E-state index is 12.4. The van der Waals surface area contributed by atoms with Gasteiger partial charge in [0.05, 0.1) is 22.8 Å². The maximum Gasteiger partial charge on any atom is 0.251 e. The lowest BCUT2D eigenvalue weighted by atomic mass is 10.1. The lowest BCUT2D eigenvalue weighted by molar-refractivity contribution is 0.0951.